The van der Waals surface area contributed by atoms with Gasteiger partial charge in [-0.3, -0.25) is 9.59 Å². The number of carbonyl (C=O) groups excluding carboxylic acids is 3. The van der Waals surface area contributed by atoms with E-state index in [1.165, 1.54) is 7.11 Å². The predicted molar refractivity (Wildman–Crippen MR) is 145 cm³/mol. The van der Waals surface area contributed by atoms with Crippen molar-refractivity contribution in [2.24, 2.45) is 22.7 Å². The monoisotopic (exact) mass is 543 g/mol. The third-order valence-corrected chi connectivity index (χ3v) is 8.92. The van der Waals surface area contributed by atoms with E-state index < -0.39 is 42.8 Å². The molecule has 1 aromatic carbocycles. The summed E-state index contributed by atoms with van der Waals surface area (Å²) in [6, 6.07) is 5.15. The van der Waals surface area contributed by atoms with Gasteiger partial charge in [-0.2, -0.15) is 0 Å². The summed E-state index contributed by atoms with van der Waals surface area (Å²) in [5.41, 5.74) is -0.0454. The smallest absolute Gasteiger partial charge is 0.482 e. The van der Waals surface area contributed by atoms with Gasteiger partial charge in [0.1, 0.15) is 11.3 Å². The Hall–Kier alpha value is -2.59. The zero-order chi connectivity index (χ0) is 28.8. The number of rotatable bonds is 9. The highest BCUT2D eigenvalue weighted by molar-refractivity contribution is 6.48. The van der Waals surface area contributed by atoms with Gasteiger partial charge in [-0.25, -0.2) is 4.79 Å². The third kappa shape index (κ3) is 5.55. The third-order valence-electron chi connectivity index (χ3n) is 8.92. The zero-order valence-electron chi connectivity index (χ0n) is 24.4. The molecule has 0 radical (unpaired) electrons. The number of methoxy groups -OCH3 is 1. The molecule has 1 saturated heterocycles. The Bertz CT molecular complexity index is 1110. The van der Waals surface area contributed by atoms with Gasteiger partial charge in [0.25, 0.3) is 0 Å². The minimum Gasteiger partial charge on any atom is -0.496 e. The molecule has 214 valence electrons. The Labute approximate surface area is 231 Å². The molecule has 10 heteroatoms. The normalized spacial score (nSPS) is 27.6. The van der Waals surface area contributed by atoms with Crippen LogP contribution in [0.2, 0.25) is 0 Å². The van der Waals surface area contributed by atoms with Gasteiger partial charge >= 0.3 is 19.1 Å². The van der Waals surface area contributed by atoms with E-state index in [0.29, 0.717) is 36.0 Å². The second-order valence-electron chi connectivity index (χ2n) is 12.8. The molecule has 1 heterocycles. The fourth-order valence-electron chi connectivity index (χ4n) is 6.41. The predicted octanol–water partition coefficient (Wildman–Crippen LogP) is 4.10. The van der Waals surface area contributed by atoms with Gasteiger partial charge in [-0.1, -0.05) is 32.9 Å². The van der Waals surface area contributed by atoms with Gasteiger partial charge in [-0.05, 0) is 75.8 Å². The Morgan fingerprint density at radius 2 is 1.87 bits per heavy atom. The van der Waals surface area contributed by atoms with Crippen LogP contribution in [0.4, 0.5) is 0 Å². The topological polar surface area (TPSA) is 109 Å². The summed E-state index contributed by atoms with van der Waals surface area (Å²) in [4.78, 5) is 37.4. The first-order valence-electron chi connectivity index (χ1n) is 13.8. The standard InChI is InChI=1S/C29H42BNO8/c1-9-23(32)31-22(30-38-21-15-18-14-20(28(18,5)6)29(21,7)39-30)13-17-11-10-12-19(24(17)35-8)25(33)36-16-37-26(34)27(2,3)4/h10-12,18,20-22H,9,13-16H2,1-8H3,(H,31,32). The molecule has 1 N–H and O–H groups in total. The fourth-order valence-corrected chi connectivity index (χ4v) is 6.41. The Morgan fingerprint density at radius 3 is 2.49 bits per heavy atom. The molecule has 2 bridgehead atoms. The lowest BCUT2D eigenvalue weighted by Gasteiger charge is -2.64. The summed E-state index contributed by atoms with van der Waals surface area (Å²) in [5.74, 6) is -0.445. The van der Waals surface area contributed by atoms with E-state index in [1.807, 2.05) is 6.07 Å². The van der Waals surface area contributed by atoms with Crippen LogP contribution in [-0.4, -0.2) is 56.5 Å². The maximum absolute atomic E-state index is 12.9. The van der Waals surface area contributed by atoms with Gasteiger partial charge in [-0.15, -0.1) is 0 Å². The number of nitrogens with one attached hydrogen (secondary N) is 1. The van der Waals surface area contributed by atoms with Crippen molar-refractivity contribution in [2.75, 3.05) is 13.9 Å². The van der Waals surface area contributed by atoms with Crippen LogP contribution in [0, 0.1) is 22.7 Å². The number of amides is 1. The summed E-state index contributed by atoms with van der Waals surface area (Å²) in [5, 5.41) is 3.08. The van der Waals surface area contributed by atoms with E-state index in [0.717, 1.165) is 12.8 Å². The van der Waals surface area contributed by atoms with Gasteiger partial charge in [0.2, 0.25) is 12.7 Å². The number of ether oxygens (including phenoxy) is 3. The molecule has 3 saturated carbocycles. The SMILES string of the molecule is CCC(=O)NC(Cc1cccc(C(=O)OCOC(=O)C(C)(C)C)c1OC)B1OC2CC3CC(C3(C)C)C2(C)O1. The molecule has 5 rings (SSSR count). The lowest BCUT2D eigenvalue weighted by atomic mass is 9.43. The molecular formula is C29H42BNO8. The van der Waals surface area contributed by atoms with Crippen molar-refractivity contribution in [2.45, 2.75) is 91.8 Å². The van der Waals surface area contributed by atoms with Crippen molar-refractivity contribution in [1.29, 1.82) is 0 Å². The second kappa shape index (κ2) is 10.8. The van der Waals surface area contributed by atoms with Crippen LogP contribution in [0.25, 0.3) is 0 Å². The molecule has 0 aromatic heterocycles. The Morgan fingerprint density at radius 1 is 1.15 bits per heavy atom. The van der Waals surface area contributed by atoms with Crippen molar-refractivity contribution in [1.82, 2.24) is 5.32 Å². The largest absolute Gasteiger partial charge is 0.496 e. The van der Waals surface area contributed by atoms with E-state index in [-0.39, 0.29) is 23.0 Å². The van der Waals surface area contributed by atoms with Crippen LogP contribution in [-0.2, 0) is 34.8 Å². The number of esters is 2. The molecule has 5 atom stereocenters. The first kappa shape index (κ1) is 29.4. The van der Waals surface area contributed by atoms with Gasteiger partial charge in [0, 0.05) is 6.42 Å². The van der Waals surface area contributed by atoms with Crippen molar-refractivity contribution in [3.63, 3.8) is 0 Å². The average Bonchev–Trinajstić information content (AvgIpc) is 3.24. The minimum absolute atomic E-state index is 0.0284. The number of benzene rings is 1. The molecule has 1 aromatic rings. The number of hydrogen-bond donors (Lipinski definition) is 1. The molecule has 4 aliphatic rings. The summed E-state index contributed by atoms with van der Waals surface area (Å²) in [6.07, 6.45) is 2.68. The molecule has 1 amide bonds. The van der Waals surface area contributed by atoms with Crippen LogP contribution < -0.4 is 10.1 Å². The summed E-state index contributed by atoms with van der Waals surface area (Å²) in [7, 11) is 0.838. The summed E-state index contributed by atoms with van der Waals surface area (Å²) in [6.45, 7) is 13.2. The number of para-hydroxylation sites is 1. The highest BCUT2D eigenvalue weighted by Gasteiger charge is 2.68. The van der Waals surface area contributed by atoms with Gasteiger partial charge < -0.3 is 28.8 Å². The van der Waals surface area contributed by atoms with Crippen molar-refractivity contribution in [3.05, 3.63) is 29.3 Å². The van der Waals surface area contributed by atoms with Crippen LogP contribution in [0.1, 0.15) is 83.7 Å². The van der Waals surface area contributed by atoms with Crippen molar-refractivity contribution < 1.29 is 37.9 Å². The lowest BCUT2D eigenvalue weighted by molar-refractivity contribution is -0.199. The fraction of sp³-hybridized carbons (Fsp3) is 0.690. The Kier molecular flexibility index (Phi) is 8.12. The first-order chi connectivity index (χ1) is 18.2. The van der Waals surface area contributed by atoms with Crippen LogP contribution >= 0.6 is 0 Å². The molecule has 4 fully saturated rings. The van der Waals surface area contributed by atoms with Crippen LogP contribution in [0.3, 0.4) is 0 Å². The molecule has 0 spiro atoms. The molecule has 1 aliphatic heterocycles. The maximum atomic E-state index is 12.9. The molecule has 3 aliphatic carbocycles. The molecule has 5 unspecified atom stereocenters. The highest BCUT2D eigenvalue weighted by atomic mass is 16.7. The molecular weight excluding hydrogens is 501 g/mol. The van der Waals surface area contributed by atoms with Gasteiger partial charge in [0.15, 0.2) is 0 Å². The Balaban J connectivity index is 1.52. The summed E-state index contributed by atoms with van der Waals surface area (Å²) >= 11 is 0. The highest BCUT2D eigenvalue weighted by Crippen LogP contribution is 2.65. The van der Waals surface area contributed by atoms with Crippen molar-refractivity contribution >= 4 is 25.0 Å². The van der Waals surface area contributed by atoms with E-state index in [4.69, 9.17) is 23.5 Å². The zero-order valence-corrected chi connectivity index (χ0v) is 24.4. The minimum atomic E-state index is -0.711. The molecule has 9 nitrogen and oxygen atoms in total. The van der Waals surface area contributed by atoms with Crippen LogP contribution in [0.5, 0.6) is 5.75 Å². The van der Waals surface area contributed by atoms with Crippen molar-refractivity contribution in [3.8, 4) is 5.75 Å². The summed E-state index contributed by atoms with van der Waals surface area (Å²) < 4.78 is 29.0. The van der Waals surface area contributed by atoms with Crippen LogP contribution in [0.15, 0.2) is 18.2 Å². The average molecular weight is 543 g/mol. The van der Waals surface area contributed by atoms with E-state index >= 15 is 0 Å². The lowest BCUT2D eigenvalue weighted by Crippen LogP contribution is -2.65. The number of hydrogen-bond acceptors (Lipinski definition) is 8. The van der Waals surface area contributed by atoms with E-state index in [2.05, 4.69) is 26.1 Å². The van der Waals surface area contributed by atoms with Gasteiger partial charge in [0.05, 0.1) is 30.2 Å². The second-order valence-corrected chi connectivity index (χ2v) is 12.8. The van der Waals surface area contributed by atoms with E-state index in [9.17, 15) is 14.4 Å². The quantitative estimate of drug-likeness (QED) is 0.282. The number of carbonyl (C=O) groups is 3. The maximum Gasteiger partial charge on any atom is 0.482 e. The first-order valence-corrected chi connectivity index (χ1v) is 13.8. The molecule has 39 heavy (non-hydrogen) atoms. The van der Waals surface area contributed by atoms with E-state index in [1.54, 1.807) is 39.8 Å².